The molecule has 0 unspecified atom stereocenters. The van der Waals surface area contributed by atoms with Crippen LogP contribution >= 0.6 is 11.3 Å². The van der Waals surface area contributed by atoms with E-state index in [4.69, 9.17) is 0 Å². The van der Waals surface area contributed by atoms with E-state index in [1.807, 2.05) is 18.2 Å². The molecule has 1 aromatic heterocycles. The smallest absolute Gasteiger partial charge is 0.264 e. The van der Waals surface area contributed by atoms with Gasteiger partial charge in [0, 0.05) is 22.5 Å². The number of amides is 1. The van der Waals surface area contributed by atoms with Crippen LogP contribution in [-0.2, 0) is 22.9 Å². The third-order valence-corrected chi connectivity index (χ3v) is 8.80. The number of sulfonamides is 1. The molecule has 6 nitrogen and oxygen atoms in total. The van der Waals surface area contributed by atoms with E-state index in [0.29, 0.717) is 22.9 Å². The fraction of sp³-hybridized carbons (Fsp3) is 0.154. The minimum Gasteiger partial charge on any atom is -0.298 e. The first kappa shape index (κ1) is 22.3. The van der Waals surface area contributed by atoms with Gasteiger partial charge in [-0.3, -0.25) is 14.4 Å². The van der Waals surface area contributed by atoms with Gasteiger partial charge in [-0.2, -0.15) is 0 Å². The van der Waals surface area contributed by atoms with Crippen molar-refractivity contribution in [2.24, 2.45) is 0 Å². The summed E-state index contributed by atoms with van der Waals surface area (Å²) in [5.41, 5.74) is 4.29. The number of hydrogen-bond donors (Lipinski definition) is 1. The number of carbonyl (C=O) groups is 1. The van der Waals surface area contributed by atoms with Gasteiger partial charge in [0.15, 0.2) is 5.13 Å². The molecule has 5 rings (SSSR count). The second-order valence-corrected chi connectivity index (χ2v) is 10.9. The molecule has 0 saturated carbocycles. The van der Waals surface area contributed by atoms with E-state index in [0.717, 1.165) is 29.0 Å². The van der Waals surface area contributed by atoms with E-state index < -0.39 is 10.0 Å². The Morgan fingerprint density at radius 2 is 1.68 bits per heavy atom. The molecule has 34 heavy (non-hydrogen) atoms. The molecular formula is C26H23N3O3S2. The second-order valence-electron chi connectivity index (χ2n) is 7.93. The highest BCUT2D eigenvalue weighted by molar-refractivity contribution is 7.92. The minimum atomic E-state index is -3.74. The lowest BCUT2D eigenvalue weighted by Crippen LogP contribution is -2.30. The molecule has 0 radical (unpaired) electrons. The van der Waals surface area contributed by atoms with E-state index in [1.165, 1.54) is 45.5 Å². The lowest BCUT2D eigenvalue weighted by Gasteiger charge is -2.22. The molecule has 1 aliphatic carbocycles. The Hall–Kier alpha value is -3.49. The Labute approximate surface area is 203 Å². The quantitative estimate of drug-likeness (QED) is 0.395. The van der Waals surface area contributed by atoms with Crippen molar-refractivity contribution in [2.75, 3.05) is 16.2 Å². The highest BCUT2D eigenvalue weighted by Crippen LogP contribution is 2.38. The highest BCUT2D eigenvalue weighted by atomic mass is 32.2. The predicted octanol–water partition coefficient (Wildman–Crippen LogP) is 5.38. The average molecular weight is 490 g/mol. The molecule has 172 valence electrons. The maximum absolute atomic E-state index is 13.2. The van der Waals surface area contributed by atoms with Crippen LogP contribution in [0.15, 0.2) is 83.8 Å². The van der Waals surface area contributed by atoms with E-state index in [-0.39, 0.29) is 10.8 Å². The van der Waals surface area contributed by atoms with Crippen molar-refractivity contribution in [3.8, 4) is 11.3 Å². The van der Waals surface area contributed by atoms with Crippen LogP contribution in [0.4, 0.5) is 10.8 Å². The number of aromatic nitrogens is 1. The van der Waals surface area contributed by atoms with Crippen LogP contribution in [0, 0.1) is 0 Å². The summed E-state index contributed by atoms with van der Waals surface area (Å²) >= 11 is 1.49. The minimum absolute atomic E-state index is 0.135. The van der Waals surface area contributed by atoms with Gasteiger partial charge < -0.3 is 0 Å². The van der Waals surface area contributed by atoms with E-state index in [2.05, 4.69) is 22.4 Å². The summed E-state index contributed by atoms with van der Waals surface area (Å²) < 4.78 is 27.7. The molecule has 0 fully saturated rings. The molecule has 0 bridgehead atoms. The summed E-state index contributed by atoms with van der Waals surface area (Å²) in [6.45, 7) is 2.09. The molecule has 3 aromatic carbocycles. The number of nitrogens with zero attached hydrogens (tertiary/aromatic N) is 2. The van der Waals surface area contributed by atoms with Gasteiger partial charge in [0.2, 0.25) is 0 Å². The number of rotatable bonds is 6. The summed E-state index contributed by atoms with van der Waals surface area (Å²) in [7, 11) is -3.74. The maximum Gasteiger partial charge on any atom is 0.264 e. The molecule has 4 aromatic rings. The van der Waals surface area contributed by atoms with E-state index in [1.54, 1.807) is 31.2 Å². The van der Waals surface area contributed by atoms with Gasteiger partial charge >= 0.3 is 0 Å². The molecular weight excluding hydrogens is 466 g/mol. The summed E-state index contributed by atoms with van der Waals surface area (Å²) in [4.78, 5) is 18.8. The molecule has 0 aliphatic heterocycles. The van der Waals surface area contributed by atoms with Crippen LogP contribution in [0.2, 0.25) is 0 Å². The van der Waals surface area contributed by atoms with Crippen molar-refractivity contribution in [3.05, 3.63) is 94.9 Å². The average Bonchev–Trinajstić information content (AvgIpc) is 3.28. The lowest BCUT2D eigenvalue weighted by molar-refractivity contribution is 0.102. The van der Waals surface area contributed by atoms with Crippen molar-refractivity contribution in [1.29, 1.82) is 0 Å². The highest BCUT2D eigenvalue weighted by Gasteiger charge is 2.24. The monoisotopic (exact) mass is 489 g/mol. The maximum atomic E-state index is 13.2. The third-order valence-electron chi connectivity index (χ3n) is 5.85. The Morgan fingerprint density at radius 3 is 2.41 bits per heavy atom. The largest absolute Gasteiger partial charge is 0.298 e. The Balaban J connectivity index is 1.35. The third kappa shape index (κ3) is 4.10. The van der Waals surface area contributed by atoms with Gasteiger partial charge in [-0.25, -0.2) is 13.4 Å². The molecule has 1 heterocycles. The SMILES string of the molecule is CCN(c1ccccc1)S(=O)(=O)c1ccc(C(=O)Nc2nc3c(s2)CCc2ccccc2-3)cc1. The van der Waals surface area contributed by atoms with Gasteiger partial charge in [-0.15, -0.1) is 11.3 Å². The van der Waals surface area contributed by atoms with Crippen LogP contribution in [0.3, 0.4) is 0 Å². The van der Waals surface area contributed by atoms with Gasteiger partial charge in [0.1, 0.15) is 0 Å². The normalized spacial score (nSPS) is 12.5. The van der Waals surface area contributed by atoms with Gasteiger partial charge in [-0.05, 0) is 61.7 Å². The first-order valence-corrected chi connectivity index (χ1v) is 13.3. The van der Waals surface area contributed by atoms with E-state index in [9.17, 15) is 13.2 Å². The zero-order valence-corrected chi connectivity index (χ0v) is 20.2. The standard InChI is InChI=1S/C26H23N3O3S2/c1-2-29(20-9-4-3-5-10-20)34(31,32)21-15-12-19(13-16-21)25(30)28-26-27-24-22-11-7-6-8-18(22)14-17-23(24)33-26/h3-13,15-16H,2,14,17H2,1H3,(H,27,28,30). The van der Waals surface area contributed by atoms with Crippen molar-refractivity contribution >= 4 is 38.1 Å². The number of thiazole rings is 1. The number of benzene rings is 3. The number of nitrogens with one attached hydrogen (secondary N) is 1. The van der Waals surface area contributed by atoms with Crippen molar-refractivity contribution in [2.45, 2.75) is 24.7 Å². The molecule has 1 aliphatic rings. The van der Waals surface area contributed by atoms with Crippen molar-refractivity contribution in [3.63, 3.8) is 0 Å². The summed E-state index contributed by atoms with van der Waals surface area (Å²) in [5.74, 6) is -0.321. The second kappa shape index (κ2) is 9.04. The Morgan fingerprint density at radius 1 is 0.971 bits per heavy atom. The molecule has 1 amide bonds. The Bertz CT molecular complexity index is 1450. The zero-order chi connectivity index (χ0) is 23.7. The number of aryl methyl sites for hydroxylation is 2. The first-order valence-electron chi connectivity index (χ1n) is 11.0. The molecule has 8 heteroatoms. The Kier molecular flexibility index (Phi) is 5.93. The fourth-order valence-corrected chi connectivity index (χ4v) is 6.61. The van der Waals surface area contributed by atoms with Gasteiger partial charge in [0.25, 0.3) is 15.9 Å². The van der Waals surface area contributed by atoms with Crippen LogP contribution in [0.5, 0.6) is 0 Å². The molecule has 1 N–H and O–H groups in total. The van der Waals surface area contributed by atoms with Gasteiger partial charge in [0.05, 0.1) is 16.3 Å². The predicted molar refractivity (Wildman–Crippen MR) is 136 cm³/mol. The van der Waals surface area contributed by atoms with Crippen LogP contribution in [0.1, 0.15) is 27.7 Å². The van der Waals surface area contributed by atoms with Crippen molar-refractivity contribution in [1.82, 2.24) is 4.98 Å². The van der Waals surface area contributed by atoms with E-state index >= 15 is 0 Å². The topological polar surface area (TPSA) is 79.4 Å². The van der Waals surface area contributed by atoms with Crippen LogP contribution < -0.4 is 9.62 Å². The van der Waals surface area contributed by atoms with Crippen LogP contribution in [0.25, 0.3) is 11.3 Å². The summed E-state index contributed by atoms with van der Waals surface area (Å²) in [6, 6.07) is 23.2. The molecule has 0 saturated heterocycles. The molecule has 0 atom stereocenters. The number of anilines is 2. The van der Waals surface area contributed by atoms with Gasteiger partial charge in [-0.1, -0.05) is 42.5 Å². The number of para-hydroxylation sites is 1. The summed E-state index contributed by atoms with van der Waals surface area (Å²) in [5, 5.41) is 3.42. The zero-order valence-electron chi connectivity index (χ0n) is 18.6. The molecule has 0 spiro atoms. The van der Waals surface area contributed by atoms with Crippen molar-refractivity contribution < 1.29 is 13.2 Å². The van der Waals surface area contributed by atoms with Crippen LogP contribution in [-0.4, -0.2) is 25.9 Å². The number of carbonyl (C=O) groups excluding carboxylic acids is 1. The fourth-order valence-electron chi connectivity index (χ4n) is 4.16. The number of fused-ring (bicyclic) bond motifs is 3. The lowest BCUT2D eigenvalue weighted by atomic mass is 9.94. The first-order chi connectivity index (χ1) is 16.5. The summed E-state index contributed by atoms with van der Waals surface area (Å²) in [6.07, 6.45) is 1.87. The number of hydrogen-bond acceptors (Lipinski definition) is 5.